The predicted octanol–water partition coefficient (Wildman–Crippen LogP) is 4.98. The van der Waals surface area contributed by atoms with Gasteiger partial charge in [-0.1, -0.05) is 19.4 Å². The Morgan fingerprint density at radius 2 is 1.93 bits per heavy atom. The van der Waals surface area contributed by atoms with E-state index < -0.39 is 10.8 Å². The number of aryl methyl sites for hydroxylation is 1. The van der Waals surface area contributed by atoms with Crippen LogP contribution in [0.3, 0.4) is 0 Å². The van der Waals surface area contributed by atoms with E-state index in [1.807, 2.05) is 11.5 Å². The normalized spacial score (nSPS) is 11.6. The first-order valence-electron chi connectivity index (χ1n) is 9.26. The third-order valence-electron chi connectivity index (χ3n) is 4.39. The van der Waals surface area contributed by atoms with E-state index in [4.69, 9.17) is 0 Å². The Hall–Kier alpha value is -3.13. The van der Waals surface area contributed by atoms with Crippen molar-refractivity contribution in [2.45, 2.75) is 33.2 Å². The molecule has 3 aromatic rings. The first kappa shape index (κ1) is 20.6. The highest BCUT2D eigenvalue weighted by atomic mass is 32.1. The maximum Gasteiger partial charge on any atom is 0.279 e. The third kappa shape index (κ3) is 4.48. The molecular weight excluding hydrogens is 393 g/mol. The SMILES string of the molecule is CCCc1sc(=NC(=O)c2cccc([N+](=O)[O-])c2)n(CC)c1-c1ccc(F)cc1. The van der Waals surface area contributed by atoms with Crippen molar-refractivity contribution in [2.75, 3.05) is 0 Å². The molecule has 0 N–H and O–H groups in total. The zero-order valence-corrected chi connectivity index (χ0v) is 16.9. The van der Waals surface area contributed by atoms with Gasteiger partial charge in [0.2, 0.25) is 0 Å². The van der Waals surface area contributed by atoms with Gasteiger partial charge in [0, 0.05) is 29.1 Å². The minimum absolute atomic E-state index is 0.153. The molecule has 0 bridgehead atoms. The van der Waals surface area contributed by atoms with Crippen LogP contribution in [0.4, 0.5) is 10.1 Å². The monoisotopic (exact) mass is 413 g/mol. The van der Waals surface area contributed by atoms with Crippen LogP contribution in [0.1, 0.15) is 35.5 Å². The summed E-state index contributed by atoms with van der Waals surface area (Å²) >= 11 is 1.42. The molecule has 0 aliphatic carbocycles. The molecule has 2 aromatic carbocycles. The molecule has 6 nitrogen and oxygen atoms in total. The summed E-state index contributed by atoms with van der Waals surface area (Å²) in [6, 6.07) is 11.8. The maximum absolute atomic E-state index is 13.4. The Bertz CT molecular complexity index is 1120. The minimum Gasteiger partial charge on any atom is -0.316 e. The number of hydrogen-bond acceptors (Lipinski definition) is 4. The highest BCUT2D eigenvalue weighted by molar-refractivity contribution is 7.09. The molecule has 0 aliphatic rings. The first-order chi connectivity index (χ1) is 13.9. The Balaban J connectivity index is 2.13. The van der Waals surface area contributed by atoms with Gasteiger partial charge < -0.3 is 4.57 Å². The zero-order valence-electron chi connectivity index (χ0n) is 16.1. The van der Waals surface area contributed by atoms with Crippen LogP contribution in [0.5, 0.6) is 0 Å². The van der Waals surface area contributed by atoms with Gasteiger partial charge in [-0.3, -0.25) is 14.9 Å². The van der Waals surface area contributed by atoms with E-state index in [-0.39, 0.29) is 17.1 Å². The highest BCUT2D eigenvalue weighted by Crippen LogP contribution is 2.27. The van der Waals surface area contributed by atoms with Gasteiger partial charge in [-0.25, -0.2) is 4.39 Å². The number of benzene rings is 2. The van der Waals surface area contributed by atoms with Crippen molar-refractivity contribution >= 4 is 22.9 Å². The molecule has 3 rings (SSSR count). The van der Waals surface area contributed by atoms with Crippen molar-refractivity contribution in [1.82, 2.24) is 4.57 Å². The minimum atomic E-state index is -0.542. The van der Waals surface area contributed by atoms with Crippen molar-refractivity contribution in [3.63, 3.8) is 0 Å². The van der Waals surface area contributed by atoms with Crippen molar-refractivity contribution in [2.24, 2.45) is 4.99 Å². The van der Waals surface area contributed by atoms with Crippen LogP contribution < -0.4 is 4.80 Å². The summed E-state index contributed by atoms with van der Waals surface area (Å²) in [5, 5.41) is 11.0. The van der Waals surface area contributed by atoms with Crippen molar-refractivity contribution in [1.29, 1.82) is 0 Å². The Kier molecular flexibility index (Phi) is 6.33. The third-order valence-corrected chi connectivity index (χ3v) is 5.53. The van der Waals surface area contributed by atoms with E-state index >= 15 is 0 Å². The molecule has 150 valence electrons. The topological polar surface area (TPSA) is 77.5 Å². The van der Waals surface area contributed by atoms with E-state index in [0.29, 0.717) is 11.3 Å². The first-order valence-corrected chi connectivity index (χ1v) is 10.1. The van der Waals surface area contributed by atoms with E-state index in [1.54, 1.807) is 12.1 Å². The average Bonchev–Trinajstić information content (AvgIpc) is 3.05. The fourth-order valence-corrected chi connectivity index (χ4v) is 4.37. The van der Waals surface area contributed by atoms with Gasteiger partial charge in [0.15, 0.2) is 4.80 Å². The van der Waals surface area contributed by atoms with Crippen molar-refractivity contribution < 1.29 is 14.1 Å². The number of nitrogens with zero attached hydrogens (tertiary/aromatic N) is 3. The molecule has 0 radical (unpaired) electrons. The molecular formula is C21H20FN3O3S. The number of nitro benzene ring substituents is 1. The second-order valence-electron chi connectivity index (χ2n) is 6.38. The standard InChI is InChI=1S/C21H20FN3O3S/c1-3-6-18-19(14-9-11-16(22)12-10-14)24(4-2)21(29-18)23-20(26)15-7-5-8-17(13-15)25(27)28/h5,7-13H,3-4,6H2,1-2H3. The van der Waals surface area contributed by atoms with E-state index in [2.05, 4.69) is 11.9 Å². The van der Waals surface area contributed by atoms with Gasteiger partial charge in [-0.05, 0) is 49.2 Å². The van der Waals surface area contributed by atoms with Gasteiger partial charge in [0.25, 0.3) is 11.6 Å². The lowest BCUT2D eigenvalue weighted by molar-refractivity contribution is -0.384. The summed E-state index contributed by atoms with van der Waals surface area (Å²) in [7, 11) is 0. The molecule has 1 amide bonds. The van der Waals surface area contributed by atoms with Gasteiger partial charge in [-0.2, -0.15) is 4.99 Å². The van der Waals surface area contributed by atoms with Crippen LogP contribution in [0, 0.1) is 15.9 Å². The molecule has 0 fully saturated rings. The summed E-state index contributed by atoms with van der Waals surface area (Å²) < 4.78 is 15.3. The highest BCUT2D eigenvalue weighted by Gasteiger charge is 2.16. The Morgan fingerprint density at radius 3 is 2.55 bits per heavy atom. The smallest absolute Gasteiger partial charge is 0.279 e. The zero-order chi connectivity index (χ0) is 21.0. The van der Waals surface area contributed by atoms with Gasteiger partial charge >= 0.3 is 0 Å². The molecule has 8 heteroatoms. The fraction of sp³-hybridized carbons (Fsp3) is 0.238. The lowest BCUT2D eigenvalue weighted by Crippen LogP contribution is -2.17. The number of amides is 1. The molecule has 1 aromatic heterocycles. The molecule has 0 atom stereocenters. The molecule has 0 saturated carbocycles. The number of carbonyl (C=O) groups is 1. The molecule has 0 unspecified atom stereocenters. The van der Waals surface area contributed by atoms with Crippen LogP contribution in [-0.2, 0) is 13.0 Å². The maximum atomic E-state index is 13.4. The van der Waals surface area contributed by atoms with E-state index in [9.17, 15) is 19.3 Å². The average molecular weight is 413 g/mol. The summed E-state index contributed by atoms with van der Waals surface area (Å²) in [4.78, 5) is 28.9. The molecule has 0 saturated heterocycles. The predicted molar refractivity (Wildman–Crippen MR) is 110 cm³/mol. The number of non-ortho nitro benzene ring substituents is 1. The Morgan fingerprint density at radius 1 is 1.21 bits per heavy atom. The molecule has 0 spiro atoms. The quantitative estimate of drug-likeness (QED) is 0.422. The summed E-state index contributed by atoms with van der Waals surface area (Å²) in [6.07, 6.45) is 1.72. The lowest BCUT2D eigenvalue weighted by Gasteiger charge is -2.09. The number of carbonyl (C=O) groups excluding carboxylic acids is 1. The van der Waals surface area contributed by atoms with Gasteiger partial charge in [0.1, 0.15) is 5.82 Å². The molecule has 0 aliphatic heterocycles. The Labute approximate surface area is 171 Å². The van der Waals surface area contributed by atoms with E-state index in [0.717, 1.165) is 29.0 Å². The van der Waals surface area contributed by atoms with E-state index in [1.165, 1.54) is 47.7 Å². The largest absolute Gasteiger partial charge is 0.316 e. The number of rotatable bonds is 6. The second kappa shape index (κ2) is 8.91. The number of aromatic nitrogens is 1. The lowest BCUT2D eigenvalue weighted by atomic mass is 10.1. The summed E-state index contributed by atoms with van der Waals surface area (Å²) in [5.41, 5.74) is 1.79. The second-order valence-corrected chi connectivity index (χ2v) is 7.44. The summed E-state index contributed by atoms with van der Waals surface area (Å²) in [6.45, 7) is 4.59. The van der Waals surface area contributed by atoms with Crippen LogP contribution in [-0.4, -0.2) is 15.4 Å². The number of thiazole rings is 1. The van der Waals surface area contributed by atoms with Crippen LogP contribution in [0.25, 0.3) is 11.3 Å². The molecule has 29 heavy (non-hydrogen) atoms. The van der Waals surface area contributed by atoms with Gasteiger partial charge in [-0.15, -0.1) is 11.3 Å². The van der Waals surface area contributed by atoms with Crippen LogP contribution in [0.15, 0.2) is 53.5 Å². The number of hydrogen-bond donors (Lipinski definition) is 0. The van der Waals surface area contributed by atoms with Crippen LogP contribution in [0.2, 0.25) is 0 Å². The number of halogens is 1. The van der Waals surface area contributed by atoms with Crippen molar-refractivity contribution in [3.05, 3.63) is 79.7 Å². The summed E-state index contributed by atoms with van der Waals surface area (Å²) in [5.74, 6) is -0.847. The van der Waals surface area contributed by atoms with Crippen molar-refractivity contribution in [3.8, 4) is 11.3 Å². The van der Waals surface area contributed by atoms with Gasteiger partial charge in [0.05, 0.1) is 10.6 Å². The fourth-order valence-electron chi connectivity index (χ4n) is 3.06. The van der Waals surface area contributed by atoms with Crippen LogP contribution >= 0.6 is 11.3 Å². The number of nitro groups is 1. The molecule has 1 heterocycles.